The lowest BCUT2D eigenvalue weighted by Gasteiger charge is -2.13. The molecule has 21 heavy (non-hydrogen) atoms. The Morgan fingerprint density at radius 3 is 2.33 bits per heavy atom. The van der Waals surface area contributed by atoms with Crippen molar-refractivity contribution in [2.45, 2.75) is 20.3 Å². The summed E-state index contributed by atoms with van der Waals surface area (Å²) in [5, 5.41) is 2.63. The Morgan fingerprint density at radius 1 is 1.14 bits per heavy atom. The minimum absolute atomic E-state index is 0.267. The van der Waals surface area contributed by atoms with E-state index in [9.17, 15) is 18.0 Å². The molecule has 0 radical (unpaired) electrons. The summed E-state index contributed by atoms with van der Waals surface area (Å²) in [6.07, 6.45) is 0.698. The van der Waals surface area contributed by atoms with Crippen molar-refractivity contribution >= 4 is 11.6 Å². The molecule has 2 rings (SSSR count). The predicted molar refractivity (Wildman–Crippen MR) is 74.8 cm³/mol. The average Bonchev–Trinajstić information content (AvgIpc) is 2.46. The van der Waals surface area contributed by atoms with Gasteiger partial charge in [0.25, 0.3) is 5.91 Å². The molecule has 0 aliphatic rings. The Labute approximate surface area is 120 Å². The molecular weight excluding hydrogens is 279 g/mol. The number of anilines is 1. The number of aryl methyl sites for hydroxylation is 2. The zero-order valence-corrected chi connectivity index (χ0v) is 11.6. The molecule has 0 unspecified atom stereocenters. The predicted octanol–water partition coefficient (Wildman–Crippen LogP) is 4.23. The van der Waals surface area contributed by atoms with Crippen molar-refractivity contribution in [1.82, 2.24) is 0 Å². The summed E-state index contributed by atoms with van der Waals surface area (Å²) >= 11 is 0. The van der Waals surface area contributed by atoms with E-state index < -0.39 is 23.4 Å². The van der Waals surface area contributed by atoms with Gasteiger partial charge < -0.3 is 5.32 Å². The largest absolute Gasteiger partial charge is 0.321 e. The number of halogens is 3. The number of amides is 1. The van der Waals surface area contributed by atoms with E-state index in [1.807, 2.05) is 32.0 Å². The van der Waals surface area contributed by atoms with E-state index >= 15 is 0 Å². The highest BCUT2D eigenvalue weighted by Gasteiger charge is 2.16. The van der Waals surface area contributed by atoms with Gasteiger partial charge in [-0.1, -0.05) is 25.1 Å². The number of hydrogen-bond donors (Lipinski definition) is 1. The van der Waals surface area contributed by atoms with Crippen LogP contribution in [0.2, 0.25) is 0 Å². The Kier molecular flexibility index (Phi) is 4.31. The van der Waals surface area contributed by atoms with Gasteiger partial charge in [0.2, 0.25) is 0 Å². The molecule has 0 aliphatic carbocycles. The molecular formula is C16H14F3NO. The van der Waals surface area contributed by atoms with Crippen LogP contribution in [0.4, 0.5) is 18.9 Å². The molecule has 0 aromatic heterocycles. The zero-order chi connectivity index (χ0) is 15.6. The molecule has 0 heterocycles. The van der Waals surface area contributed by atoms with Crippen LogP contribution in [0.25, 0.3) is 0 Å². The van der Waals surface area contributed by atoms with Gasteiger partial charge in [-0.2, -0.15) is 0 Å². The third kappa shape index (κ3) is 3.07. The fourth-order valence-corrected chi connectivity index (χ4v) is 2.07. The Balaban J connectivity index is 2.35. The van der Waals surface area contributed by atoms with Crippen molar-refractivity contribution in [1.29, 1.82) is 0 Å². The molecule has 0 saturated heterocycles. The van der Waals surface area contributed by atoms with Crippen LogP contribution >= 0.6 is 0 Å². The van der Waals surface area contributed by atoms with Gasteiger partial charge in [0.1, 0.15) is 0 Å². The summed E-state index contributed by atoms with van der Waals surface area (Å²) in [5.41, 5.74) is 2.09. The van der Waals surface area contributed by atoms with Crippen molar-refractivity contribution < 1.29 is 18.0 Å². The minimum Gasteiger partial charge on any atom is -0.321 e. The van der Waals surface area contributed by atoms with Gasteiger partial charge >= 0.3 is 0 Å². The van der Waals surface area contributed by atoms with Crippen LogP contribution in [0.5, 0.6) is 0 Å². The first-order valence-corrected chi connectivity index (χ1v) is 6.48. The van der Waals surface area contributed by atoms with Gasteiger partial charge in [-0.3, -0.25) is 4.79 Å². The second-order valence-corrected chi connectivity index (χ2v) is 4.67. The van der Waals surface area contributed by atoms with E-state index in [-0.39, 0.29) is 5.56 Å². The van der Waals surface area contributed by atoms with Crippen molar-refractivity contribution in [2.75, 3.05) is 5.32 Å². The maximum absolute atomic E-state index is 13.2. The number of nitrogens with one attached hydrogen (secondary N) is 1. The number of para-hydroxylation sites is 1. The topological polar surface area (TPSA) is 29.1 Å². The SMILES string of the molecule is CCc1cccc(C)c1NC(=O)c1cc(F)c(F)c(F)c1. The van der Waals surface area contributed by atoms with E-state index in [1.54, 1.807) is 0 Å². The molecule has 0 spiro atoms. The molecule has 1 amide bonds. The van der Waals surface area contributed by atoms with E-state index in [0.717, 1.165) is 11.1 Å². The first kappa shape index (κ1) is 15.1. The van der Waals surface area contributed by atoms with Crippen molar-refractivity contribution in [2.24, 2.45) is 0 Å². The second-order valence-electron chi connectivity index (χ2n) is 4.67. The van der Waals surface area contributed by atoms with Crippen LogP contribution in [-0.2, 0) is 6.42 Å². The summed E-state index contributed by atoms with van der Waals surface area (Å²) in [5.74, 6) is -5.05. The molecule has 0 saturated carbocycles. The molecule has 2 aromatic rings. The summed E-state index contributed by atoms with van der Waals surface area (Å²) in [7, 11) is 0. The summed E-state index contributed by atoms with van der Waals surface area (Å²) in [4.78, 5) is 12.1. The standard InChI is InChI=1S/C16H14F3NO/c1-3-10-6-4-5-9(2)15(10)20-16(21)11-7-12(17)14(19)13(18)8-11/h4-8H,3H2,1-2H3,(H,20,21). The van der Waals surface area contributed by atoms with Gasteiger partial charge in [-0.05, 0) is 36.6 Å². The van der Waals surface area contributed by atoms with Crippen LogP contribution in [0.1, 0.15) is 28.4 Å². The van der Waals surface area contributed by atoms with Gasteiger partial charge in [0.05, 0.1) is 0 Å². The highest BCUT2D eigenvalue weighted by Crippen LogP contribution is 2.22. The first-order chi connectivity index (χ1) is 9.93. The second kappa shape index (κ2) is 5.99. The molecule has 2 nitrogen and oxygen atoms in total. The molecule has 5 heteroatoms. The summed E-state index contributed by atoms with van der Waals surface area (Å²) in [6, 6.07) is 6.89. The van der Waals surface area contributed by atoms with E-state index in [4.69, 9.17) is 0 Å². The van der Waals surface area contributed by atoms with Gasteiger partial charge in [-0.15, -0.1) is 0 Å². The summed E-state index contributed by atoms with van der Waals surface area (Å²) in [6.45, 7) is 3.75. The minimum atomic E-state index is -1.59. The Bertz CT molecular complexity index is 675. The smallest absolute Gasteiger partial charge is 0.255 e. The average molecular weight is 293 g/mol. The van der Waals surface area contributed by atoms with Crippen molar-refractivity contribution in [3.63, 3.8) is 0 Å². The normalized spacial score (nSPS) is 10.5. The molecule has 110 valence electrons. The molecule has 0 fully saturated rings. The highest BCUT2D eigenvalue weighted by molar-refractivity contribution is 6.05. The fourth-order valence-electron chi connectivity index (χ4n) is 2.07. The van der Waals surface area contributed by atoms with Crippen LogP contribution < -0.4 is 5.32 Å². The Morgan fingerprint density at radius 2 is 1.76 bits per heavy atom. The quantitative estimate of drug-likeness (QED) is 0.843. The summed E-state index contributed by atoms with van der Waals surface area (Å²) < 4.78 is 39.2. The van der Waals surface area contributed by atoms with E-state index in [1.165, 1.54) is 0 Å². The van der Waals surface area contributed by atoms with Crippen LogP contribution in [0, 0.1) is 24.4 Å². The van der Waals surface area contributed by atoms with Crippen LogP contribution in [-0.4, -0.2) is 5.91 Å². The number of rotatable bonds is 3. The van der Waals surface area contributed by atoms with Crippen LogP contribution in [0.15, 0.2) is 30.3 Å². The first-order valence-electron chi connectivity index (χ1n) is 6.48. The monoisotopic (exact) mass is 293 g/mol. The maximum Gasteiger partial charge on any atom is 0.255 e. The van der Waals surface area contributed by atoms with Gasteiger partial charge in [0.15, 0.2) is 17.5 Å². The van der Waals surface area contributed by atoms with E-state index in [2.05, 4.69) is 5.32 Å². The number of hydrogen-bond acceptors (Lipinski definition) is 1. The molecule has 2 aromatic carbocycles. The number of benzene rings is 2. The van der Waals surface area contributed by atoms with Crippen molar-refractivity contribution in [3.8, 4) is 0 Å². The zero-order valence-electron chi connectivity index (χ0n) is 11.6. The maximum atomic E-state index is 13.2. The lowest BCUT2D eigenvalue weighted by Crippen LogP contribution is -2.15. The van der Waals surface area contributed by atoms with Gasteiger partial charge in [-0.25, -0.2) is 13.2 Å². The molecule has 0 atom stereocenters. The van der Waals surface area contributed by atoms with E-state index in [0.29, 0.717) is 24.2 Å². The molecule has 0 bridgehead atoms. The number of carbonyl (C=O) groups excluding carboxylic acids is 1. The Hall–Kier alpha value is -2.30. The lowest BCUT2D eigenvalue weighted by atomic mass is 10.1. The van der Waals surface area contributed by atoms with Crippen LogP contribution in [0.3, 0.4) is 0 Å². The van der Waals surface area contributed by atoms with Crippen molar-refractivity contribution in [3.05, 3.63) is 64.5 Å². The van der Waals surface area contributed by atoms with Gasteiger partial charge in [0, 0.05) is 11.3 Å². The lowest BCUT2D eigenvalue weighted by molar-refractivity contribution is 0.102. The fraction of sp³-hybridized carbons (Fsp3) is 0.188. The highest BCUT2D eigenvalue weighted by atomic mass is 19.2. The number of carbonyl (C=O) groups is 1. The molecule has 1 N–H and O–H groups in total. The third-order valence-electron chi connectivity index (χ3n) is 3.22. The third-order valence-corrected chi connectivity index (χ3v) is 3.22. The molecule has 0 aliphatic heterocycles.